The van der Waals surface area contributed by atoms with Gasteiger partial charge in [-0.3, -0.25) is 10.7 Å². The molecule has 220 valence electrons. The molecule has 1 heterocycles. The molecule has 3 rings (SSSR count). The van der Waals surface area contributed by atoms with Gasteiger partial charge in [-0.2, -0.15) is 0 Å². The molecular formula is C30H36N2O6S3. The van der Waals surface area contributed by atoms with Gasteiger partial charge >= 0.3 is 12.1 Å². The topological polar surface area (TPSA) is 123 Å². The highest BCUT2D eigenvalue weighted by Crippen LogP contribution is 2.39. The number of amides is 1. The number of aryl methyl sites for hydroxylation is 1. The molecule has 0 saturated carbocycles. The third-order valence-electron chi connectivity index (χ3n) is 5.43. The molecule has 2 aromatic carbocycles. The van der Waals surface area contributed by atoms with Gasteiger partial charge in [0.05, 0.1) is 24.4 Å². The summed E-state index contributed by atoms with van der Waals surface area (Å²) in [5, 5.41) is 10.7. The van der Waals surface area contributed by atoms with Crippen LogP contribution in [0, 0.1) is 12.3 Å². The van der Waals surface area contributed by atoms with Crippen LogP contribution in [0.15, 0.2) is 62.5 Å². The molecule has 0 radical (unpaired) electrons. The van der Waals surface area contributed by atoms with Gasteiger partial charge in [0.1, 0.15) is 17.0 Å². The molecule has 1 amide bonds. The van der Waals surface area contributed by atoms with Crippen molar-refractivity contribution in [2.45, 2.75) is 80.6 Å². The smallest absolute Gasteiger partial charge is 0.413 e. The lowest BCUT2D eigenvalue weighted by atomic mass is 9.95. The molecule has 8 nitrogen and oxygen atoms in total. The molecule has 1 aromatic heterocycles. The van der Waals surface area contributed by atoms with Crippen molar-refractivity contribution < 1.29 is 27.5 Å². The van der Waals surface area contributed by atoms with Gasteiger partial charge in [0.25, 0.3) is 0 Å². The second-order valence-corrected chi connectivity index (χ2v) is 15.7. The summed E-state index contributed by atoms with van der Waals surface area (Å²) in [6, 6.07) is 13.1. The lowest BCUT2D eigenvalue weighted by molar-refractivity contribution is 0.00700. The van der Waals surface area contributed by atoms with Gasteiger partial charge in [0.15, 0.2) is 0 Å². The average Bonchev–Trinajstić information content (AvgIpc) is 3.27. The summed E-state index contributed by atoms with van der Waals surface area (Å²) in [5.74, 6) is -0.137. The Morgan fingerprint density at radius 3 is 2.22 bits per heavy atom. The Hall–Kier alpha value is -3.15. The minimum atomic E-state index is -4.03. The minimum Gasteiger partial charge on any atom is -0.456 e. The number of benzene rings is 2. The van der Waals surface area contributed by atoms with E-state index < -0.39 is 33.1 Å². The number of carbonyl (C=O) groups excluding carboxylic acids is 2. The van der Waals surface area contributed by atoms with Crippen molar-refractivity contribution in [3.8, 4) is 11.1 Å². The van der Waals surface area contributed by atoms with Gasteiger partial charge in [-0.1, -0.05) is 31.2 Å². The Morgan fingerprint density at radius 1 is 0.976 bits per heavy atom. The van der Waals surface area contributed by atoms with Crippen LogP contribution in [0.1, 0.15) is 69.3 Å². The number of thiophene rings is 1. The van der Waals surface area contributed by atoms with Crippen LogP contribution < -0.4 is 5.32 Å². The van der Waals surface area contributed by atoms with Gasteiger partial charge in [-0.25, -0.2) is 18.0 Å². The van der Waals surface area contributed by atoms with E-state index in [1.54, 1.807) is 71.9 Å². The second kappa shape index (κ2) is 12.4. The third-order valence-corrected chi connectivity index (χ3v) is 9.78. The number of thioether (sulfide) groups is 1. The van der Waals surface area contributed by atoms with E-state index in [0.29, 0.717) is 26.7 Å². The highest BCUT2D eigenvalue weighted by molar-refractivity contribution is 8.02. The van der Waals surface area contributed by atoms with Crippen LogP contribution in [0.25, 0.3) is 11.1 Å². The molecule has 0 fully saturated rings. The Bertz CT molecular complexity index is 1580. The zero-order chi connectivity index (χ0) is 30.8. The maximum atomic E-state index is 14.0. The highest BCUT2D eigenvalue weighted by Gasteiger charge is 2.28. The molecule has 0 aliphatic carbocycles. The van der Waals surface area contributed by atoms with Crippen LogP contribution in [-0.2, 0) is 19.3 Å². The van der Waals surface area contributed by atoms with E-state index in [9.17, 15) is 18.0 Å². The monoisotopic (exact) mass is 616 g/mol. The summed E-state index contributed by atoms with van der Waals surface area (Å²) in [4.78, 5) is 25.6. The van der Waals surface area contributed by atoms with Gasteiger partial charge in [0.2, 0.25) is 9.84 Å². The molecule has 3 aromatic rings. The van der Waals surface area contributed by atoms with Crippen molar-refractivity contribution in [2.75, 3.05) is 5.75 Å². The molecule has 0 bridgehead atoms. The van der Waals surface area contributed by atoms with E-state index in [-0.39, 0.29) is 20.5 Å². The van der Waals surface area contributed by atoms with Crippen molar-refractivity contribution >= 4 is 50.8 Å². The van der Waals surface area contributed by atoms with Gasteiger partial charge in [0, 0.05) is 0 Å². The number of rotatable bonds is 7. The molecule has 2 N–H and O–H groups in total. The minimum absolute atomic E-state index is 0.0438. The summed E-state index contributed by atoms with van der Waals surface area (Å²) in [6.07, 6.45) is -0.795. The molecular weight excluding hydrogens is 581 g/mol. The Kier molecular flexibility index (Phi) is 9.77. The largest absolute Gasteiger partial charge is 0.456 e. The number of esters is 1. The summed E-state index contributed by atoms with van der Waals surface area (Å²) in [7, 11) is -4.03. The van der Waals surface area contributed by atoms with Gasteiger partial charge in [-0.15, -0.1) is 23.1 Å². The normalized spacial score (nSPS) is 12.1. The molecule has 0 aliphatic heterocycles. The van der Waals surface area contributed by atoms with E-state index in [0.717, 1.165) is 16.9 Å². The number of hydrogen-bond acceptors (Lipinski definition) is 9. The first-order valence-corrected chi connectivity index (χ1v) is 16.3. The average molecular weight is 617 g/mol. The van der Waals surface area contributed by atoms with E-state index in [4.69, 9.17) is 14.9 Å². The second-order valence-electron chi connectivity index (χ2n) is 11.2. The lowest BCUT2D eigenvalue weighted by Crippen LogP contribution is -2.36. The fourth-order valence-corrected chi connectivity index (χ4v) is 8.20. The molecule has 41 heavy (non-hydrogen) atoms. The zero-order valence-corrected chi connectivity index (χ0v) is 26.9. The summed E-state index contributed by atoms with van der Waals surface area (Å²) < 4.78 is 39.3. The Morgan fingerprint density at radius 2 is 1.61 bits per heavy atom. The van der Waals surface area contributed by atoms with Crippen LogP contribution >= 0.6 is 23.1 Å². The van der Waals surface area contributed by atoms with E-state index in [2.05, 4.69) is 5.32 Å². The molecule has 11 heteroatoms. The quantitative estimate of drug-likeness (QED) is 0.122. The first-order chi connectivity index (χ1) is 18.9. The maximum absolute atomic E-state index is 14.0. The first-order valence-electron chi connectivity index (χ1n) is 13.0. The fraction of sp³-hybridized carbons (Fsp3) is 0.367. The fourth-order valence-electron chi connectivity index (χ4n) is 3.87. The van der Waals surface area contributed by atoms with Crippen LogP contribution in [0.2, 0.25) is 0 Å². The summed E-state index contributed by atoms with van der Waals surface area (Å²) in [5.41, 5.74) is 0.851. The van der Waals surface area contributed by atoms with Crippen LogP contribution in [0.3, 0.4) is 0 Å². The molecule has 0 unspecified atom stereocenters. The SMILES string of the molecule is CCSc1sc(C(=N)NC(=O)OC(C)(C)C)cc1S(=O)(=O)c1cccc(-c2c(C)cccc2C(=O)OC(C)(C)C)c1. The van der Waals surface area contributed by atoms with Crippen molar-refractivity contribution in [1.29, 1.82) is 5.41 Å². The number of nitrogens with one attached hydrogen (secondary N) is 2. The van der Waals surface area contributed by atoms with Crippen molar-refractivity contribution in [1.82, 2.24) is 5.32 Å². The number of ether oxygens (including phenoxy) is 2. The van der Waals surface area contributed by atoms with Crippen molar-refractivity contribution in [3.05, 3.63) is 64.5 Å². The number of hydrogen-bond donors (Lipinski definition) is 2. The summed E-state index contributed by atoms with van der Waals surface area (Å²) >= 11 is 2.46. The number of carbonyl (C=O) groups is 2. The van der Waals surface area contributed by atoms with E-state index in [1.165, 1.54) is 23.9 Å². The highest BCUT2D eigenvalue weighted by atomic mass is 32.2. The summed E-state index contributed by atoms with van der Waals surface area (Å²) in [6.45, 7) is 14.3. The lowest BCUT2D eigenvalue weighted by Gasteiger charge is -2.21. The van der Waals surface area contributed by atoms with Crippen molar-refractivity contribution in [2.24, 2.45) is 0 Å². The molecule has 0 aliphatic rings. The van der Waals surface area contributed by atoms with Crippen LogP contribution in [0.5, 0.6) is 0 Å². The predicted molar refractivity (Wildman–Crippen MR) is 164 cm³/mol. The first kappa shape index (κ1) is 32.4. The molecule has 0 saturated heterocycles. The zero-order valence-electron chi connectivity index (χ0n) is 24.5. The Labute approximate surface area is 250 Å². The van der Waals surface area contributed by atoms with Gasteiger partial charge in [-0.05, 0) is 95.2 Å². The Balaban J connectivity index is 2.05. The number of sulfone groups is 1. The third kappa shape index (κ3) is 8.21. The molecule has 0 spiro atoms. The van der Waals surface area contributed by atoms with E-state index >= 15 is 0 Å². The van der Waals surface area contributed by atoms with Crippen molar-refractivity contribution in [3.63, 3.8) is 0 Å². The van der Waals surface area contributed by atoms with Crippen LogP contribution in [0.4, 0.5) is 4.79 Å². The molecule has 0 atom stereocenters. The van der Waals surface area contributed by atoms with Crippen LogP contribution in [-0.4, -0.2) is 43.3 Å². The van der Waals surface area contributed by atoms with E-state index in [1.807, 2.05) is 19.9 Å². The van der Waals surface area contributed by atoms with Gasteiger partial charge < -0.3 is 9.47 Å². The number of alkyl carbamates (subject to hydrolysis) is 1. The predicted octanol–water partition coefficient (Wildman–Crippen LogP) is 7.47. The number of amidine groups is 1. The maximum Gasteiger partial charge on any atom is 0.413 e. The standard InChI is InChI=1S/C30H36N2O6S3/c1-9-39-27-23(17-22(40-27)25(31)32-28(34)38-30(6,7)8)41(35,36)20-14-11-13-19(16-20)24-18(2)12-10-15-21(24)26(33)37-29(3,4)5/h10-17H,9H2,1-8H3,(H2,31,32,34).